The van der Waals surface area contributed by atoms with Gasteiger partial charge in [-0.3, -0.25) is 4.98 Å². The van der Waals surface area contributed by atoms with E-state index in [0.29, 0.717) is 29.7 Å². The summed E-state index contributed by atoms with van der Waals surface area (Å²) in [5.74, 6) is 0.126. The number of hydrogen-bond donors (Lipinski definition) is 0. The summed E-state index contributed by atoms with van der Waals surface area (Å²) in [6.45, 7) is 9.20. The Hall–Kier alpha value is -2.98. The lowest BCUT2D eigenvalue weighted by Gasteiger charge is -2.12. The van der Waals surface area contributed by atoms with Crippen LogP contribution in [0, 0.1) is 5.82 Å². The van der Waals surface area contributed by atoms with E-state index in [0.717, 1.165) is 48.6 Å². The van der Waals surface area contributed by atoms with Crippen molar-refractivity contribution in [3.8, 4) is 17.0 Å². The van der Waals surface area contributed by atoms with Crippen LogP contribution in [0.5, 0.6) is 5.75 Å². The van der Waals surface area contributed by atoms with Crippen LogP contribution in [0.25, 0.3) is 28.1 Å². The van der Waals surface area contributed by atoms with Gasteiger partial charge in [0.05, 0.1) is 11.8 Å². The van der Waals surface area contributed by atoms with Gasteiger partial charge in [-0.1, -0.05) is 56.7 Å². The maximum atomic E-state index is 14.6. The van der Waals surface area contributed by atoms with E-state index in [9.17, 15) is 4.39 Å². The van der Waals surface area contributed by atoms with E-state index in [1.54, 1.807) is 24.4 Å². The fourth-order valence-corrected chi connectivity index (χ4v) is 3.82. The highest BCUT2D eigenvalue weighted by Crippen LogP contribution is 2.28. The summed E-state index contributed by atoms with van der Waals surface area (Å²) in [4.78, 5) is 4.50. The normalized spacial score (nSPS) is 12.3. The van der Waals surface area contributed by atoms with E-state index in [4.69, 9.17) is 9.47 Å². The second-order valence-corrected chi connectivity index (χ2v) is 8.64. The van der Waals surface area contributed by atoms with Gasteiger partial charge in [0.15, 0.2) is 0 Å². The van der Waals surface area contributed by atoms with E-state index in [1.807, 2.05) is 6.07 Å². The molecule has 180 valence electrons. The van der Waals surface area contributed by atoms with Gasteiger partial charge in [0, 0.05) is 29.8 Å². The molecule has 1 aromatic heterocycles. The minimum absolute atomic E-state index is 0.326. The van der Waals surface area contributed by atoms with Gasteiger partial charge in [-0.25, -0.2) is 4.39 Å². The molecule has 0 aliphatic rings. The van der Waals surface area contributed by atoms with Crippen LogP contribution >= 0.6 is 0 Å². The summed E-state index contributed by atoms with van der Waals surface area (Å²) in [6, 6.07) is 13.0. The molecule has 3 rings (SSSR count). The van der Waals surface area contributed by atoms with E-state index in [1.165, 1.54) is 18.9 Å². The van der Waals surface area contributed by atoms with Crippen LogP contribution in [0.4, 0.5) is 4.39 Å². The third-order valence-electron chi connectivity index (χ3n) is 5.77. The molecule has 3 nitrogen and oxygen atoms in total. The minimum Gasteiger partial charge on any atom is -0.489 e. The predicted molar refractivity (Wildman–Crippen MR) is 141 cm³/mol. The van der Waals surface area contributed by atoms with Gasteiger partial charge in [-0.2, -0.15) is 0 Å². The molecule has 1 atom stereocenters. The first kappa shape index (κ1) is 25.6. The Labute approximate surface area is 203 Å². The minimum atomic E-state index is -0.353. The SMILES string of the molecule is C=CCOc1ccc(-c2cc3ccc(/C=C/CCCC(C)OCCCCC)cc3cn2)c(F)c1. The number of fused-ring (bicyclic) bond motifs is 1. The summed E-state index contributed by atoms with van der Waals surface area (Å²) >= 11 is 0. The van der Waals surface area contributed by atoms with E-state index >= 15 is 0 Å². The van der Waals surface area contributed by atoms with E-state index < -0.39 is 0 Å². The molecule has 0 aliphatic carbocycles. The number of allylic oxidation sites excluding steroid dienone is 1. The molecule has 1 unspecified atom stereocenters. The number of pyridine rings is 1. The fraction of sp³-hybridized carbons (Fsp3) is 0.367. The largest absolute Gasteiger partial charge is 0.489 e. The molecule has 3 aromatic rings. The lowest BCUT2D eigenvalue weighted by atomic mass is 10.0. The van der Waals surface area contributed by atoms with Crippen LogP contribution in [0.15, 0.2) is 67.4 Å². The summed E-state index contributed by atoms with van der Waals surface area (Å²) in [7, 11) is 0. The zero-order valence-electron chi connectivity index (χ0n) is 20.4. The van der Waals surface area contributed by atoms with Crippen LogP contribution < -0.4 is 4.74 Å². The quantitative estimate of drug-likeness (QED) is 0.178. The summed E-state index contributed by atoms with van der Waals surface area (Å²) in [6.07, 6.45) is 15.0. The Morgan fingerprint density at radius 1 is 1.06 bits per heavy atom. The Bertz CT molecular complexity index is 1090. The number of nitrogens with zero attached hydrogens (tertiary/aromatic N) is 1. The Balaban J connectivity index is 1.55. The van der Waals surface area contributed by atoms with Crippen LogP contribution in [-0.2, 0) is 4.74 Å². The van der Waals surface area contributed by atoms with Crippen molar-refractivity contribution in [2.45, 2.75) is 58.5 Å². The van der Waals surface area contributed by atoms with Crippen molar-refractivity contribution in [1.29, 1.82) is 0 Å². The maximum absolute atomic E-state index is 14.6. The smallest absolute Gasteiger partial charge is 0.136 e. The monoisotopic (exact) mass is 461 g/mol. The van der Waals surface area contributed by atoms with Crippen LogP contribution in [-0.4, -0.2) is 24.3 Å². The van der Waals surface area contributed by atoms with Crippen LogP contribution in [0.3, 0.4) is 0 Å². The van der Waals surface area contributed by atoms with Crippen molar-refractivity contribution in [2.75, 3.05) is 13.2 Å². The highest BCUT2D eigenvalue weighted by atomic mass is 19.1. The Morgan fingerprint density at radius 2 is 1.94 bits per heavy atom. The first-order valence-electron chi connectivity index (χ1n) is 12.3. The fourth-order valence-electron chi connectivity index (χ4n) is 3.82. The maximum Gasteiger partial charge on any atom is 0.136 e. The van der Waals surface area contributed by atoms with Crippen LogP contribution in [0.1, 0.15) is 57.9 Å². The number of aromatic nitrogens is 1. The molecule has 0 radical (unpaired) electrons. The number of ether oxygens (including phenoxy) is 2. The number of benzene rings is 2. The standard InChI is InChI=1S/C30H36FNO2/c1-4-6-10-18-33-23(3)11-8-7-9-12-24-13-14-25-20-30(32-22-26(25)19-24)28-16-15-27(21-29(28)31)34-17-5-2/h5,9,12-16,19-23H,2,4,6-8,10-11,17-18H2,1,3H3/b12-9+. The molecule has 2 aromatic carbocycles. The number of hydrogen-bond acceptors (Lipinski definition) is 3. The third-order valence-corrected chi connectivity index (χ3v) is 5.77. The first-order valence-corrected chi connectivity index (χ1v) is 12.3. The zero-order valence-corrected chi connectivity index (χ0v) is 20.4. The van der Waals surface area contributed by atoms with Gasteiger partial charge < -0.3 is 9.47 Å². The van der Waals surface area contributed by atoms with Gasteiger partial charge in [-0.15, -0.1) is 0 Å². The van der Waals surface area contributed by atoms with Crippen LogP contribution in [0.2, 0.25) is 0 Å². The number of halogens is 1. The molecule has 0 bridgehead atoms. The van der Waals surface area contributed by atoms with Gasteiger partial charge in [-0.05, 0) is 67.8 Å². The van der Waals surface area contributed by atoms with Gasteiger partial charge in [0.1, 0.15) is 18.2 Å². The van der Waals surface area contributed by atoms with Gasteiger partial charge in [0.2, 0.25) is 0 Å². The zero-order chi connectivity index (χ0) is 24.2. The molecule has 0 saturated heterocycles. The van der Waals surface area contributed by atoms with Crippen molar-refractivity contribution in [1.82, 2.24) is 4.98 Å². The molecule has 0 amide bonds. The number of unbranched alkanes of at least 4 members (excludes halogenated alkanes) is 3. The molecule has 34 heavy (non-hydrogen) atoms. The molecule has 1 heterocycles. The second-order valence-electron chi connectivity index (χ2n) is 8.64. The van der Waals surface area contributed by atoms with Crippen molar-refractivity contribution in [3.63, 3.8) is 0 Å². The predicted octanol–water partition coefficient (Wildman–Crippen LogP) is 8.38. The third kappa shape index (κ3) is 7.81. The van der Waals surface area contributed by atoms with Crippen molar-refractivity contribution in [3.05, 3.63) is 78.8 Å². The molecule has 0 saturated carbocycles. The molecular formula is C30H36FNO2. The summed E-state index contributed by atoms with van der Waals surface area (Å²) in [5, 5.41) is 2.06. The molecule has 0 aliphatic heterocycles. The number of rotatable bonds is 14. The second kappa shape index (κ2) is 13.7. The average molecular weight is 462 g/mol. The highest BCUT2D eigenvalue weighted by molar-refractivity contribution is 5.87. The molecule has 0 N–H and O–H groups in total. The van der Waals surface area contributed by atoms with Crippen molar-refractivity contribution in [2.24, 2.45) is 0 Å². The molecule has 0 spiro atoms. The molecule has 4 heteroatoms. The van der Waals surface area contributed by atoms with Gasteiger partial charge in [0.25, 0.3) is 0 Å². The summed E-state index contributed by atoms with van der Waals surface area (Å²) in [5.41, 5.74) is 2.20. The Morgan fingerprint density at radius 3 is 2.74 bits per heavy atom. The lowest BCUT2D eigenvalue weighted by Crippen LogP contribution is -2.08. The highest BCUT2D eigenvalue weighted by Gasteiger charge is 2.09. The Kier molecular flexibility index (Phi) is 10.3. The van der Waals surface area contributed by atoms with Crippen molar-refractivity contribution >= 4 is 16.8 Å². The topological polar surface area (TPSA) is 31.4 Å². The molecular weight excluding hydrogens is 425 g/mol. The van der Waals surface area contributed by atoms with Crippen molar-refractivity contribution < 1.29 is 13.9 Å². The van der Waals surface area contributed by atoms with Gasteiger partial charge >= 0.3 is 0 Å². The summed E-state index contributed by atoms with van der Waals surface area (Å²) < 4.78 is 25.9. The first-order chi connectivity index (χ1) is 16.6. The van der Waals surface area contributed by atoms with E-state index in [-0.39, 0.29) is 5.82 Å². The van der Waals surface area contributed by atoms with E-state index in [2.05, 4.69) is 55.8 Å². The lowest BCUT2D eigenvalue weighted by molar-refractivity contribution is 0.0566. The average Bonchev–Trinajstić information content (AvgIpc) is 2.85. The molecule has 0 fully saturated rings.